The molecule has 0 aliphatic carbocycles. The Hall–Kier alpha value is -4.40. The van der Waals surface area contributed by atoms with E-state index in [4.69, 9.17) is 23.9 Å². The van der Waals surface area contributed by atoms with E-state index in [-0.39, 0.29) is 5.91 Å². The smallest absolute Gasteiger partial charge is 0.256 e. The van der Waals surface area contributed by atoms with Crippen LogP contribution in [-0.2, 0) is 13.1 Å². The zero-order chi connectivity index (χ0) is 25.2. The lowest BCUT2D eigenvalue weighted by Crippen LogP contribution is -2.33. The lowest BCUT2D eigenvalue weighted by Gasteiger charge is -2.30. The first-order valence-corrected chi connectivity index (χ1v) is 11.5. The standard InChI is InChI=1S/C27H28N4O5/c1-33-22-10-9-18(30-11-12-31-21-8-6-5-7-19(21)28-25(31)16-30)15-20(22)29-27(32)17-13-23(34-2)26(36-4)24(14-17)35-3/h5-10,13-15H,11-12,16H2,1-4H3,(H,29,32). The van der Waals surface area contributed by atoms with Gasteiger partial charge in [-0.3, -0.25) is 4.79 Å². The van der Waals surface area contributed by atoms with Gasteiger partial charge in [0, 0.05) is 24.3 Å². The summed E-state index contributed by atoms with van der Waals surface area (Å²) in [5.41, 5.74) is 4.05. The highest BCUT2D eigenvalue weighted by atomic mass is 16.5. The number of nitrogens with one attached hydrogen (secondary N) is 1. The van der Waals surface area contributed by atoms with E-state index in [0.717, 1.165) is 35.6 Å². The van der Waals surface area contributed by atoms with Crippen LogP contribution in [0.3, 0.4) is 0 Å². The number of methoxy groups -OCH3 is 4. The molecule has 0 unspecified atom stereocenters. The number of nitrogens with zero attached hydrogens (tertiary/aromatic N) is 3. The lowest BCUT2D eigenvalue weighted by molar-refractivity contribution is 0.102. The highest BCUT2D eigenvalue weighted by molar-refractivity contribution is 6.06. The van der Waals surface area contributed by atoms with E-state index in [1.165, 1.54) is 21.3 Å². The Morgan fingerprint density at radius 1 is 0.861 bits per heavy atom. The number of imidazole rings is 1. The number of ether oxygens (including phenoxy) is 4. The van der Waals surface area contributed by atoms with Gasteiger partial charge in [-0.05, 0) is 42.5 Å². The van der Waals surface area contributed by atoms with Gasteiger partial charge in [0.25, 0.3) is 5.91 Å². The molecule has 3 aromatic carbocycles. The maximum Gasteiger partial charge on any atom is 0.256 e. The van der Waals surface area contributed by atoms with Gasteiger partial charge in [-0.1, -0.05) is 12.1 Å². The van der Waals surface area contributed by atoms with Crippen molar-refractivity contribution in [3.05, 3.63) is 66.0 Å². The minimum Gasteiger partial charge on any atom is -0.495 e. The van der Waals surface area contributed by atoms with E-state index in [1.54, 1.807) is 19.2 Å². The first-order chi connectivity index (χ1) is 17.6. The van der Waals surface area contributed by atoms with Gasteiger partial charge in [-0.2, -0.15) is 0 Å². The number of hydrogen-bond donors (Lipinski definition) is 1. The average molecular weight is 489 g/mol. The topological polar surface area (TPSA) is 87.1 Å². The van der Waals surface area contributed by atoms with E-state index in [1.807, 2.05) is 36.4 Å². The molecule has 186 valence electrons. The van der Waals surface area contributed by atoms with Gasteiger partial charge in [-0.15, -0.1) is 0 Å². The number of benzene rings is 3. The summed E-state index contributed by atoms with van der Waals surface area (Å²) in [6, 6.07) is 17.2. The molecule has 4 aromatic rings. The maximum atomic E-state index is 13.2. The van der Waals surface area contributed by atoms with Crippen LogP contribution >= 0.6 is 0 Å². The Labute approximate surface area is 209 Å². The zero-order valence-corrected chi connectivity index (χ0v) is 20.7. The highest BCUT2D eigenvalue weighted by Gasteiger charge is 2.22. The molecular weight excluding hydrogens is 460 g/mol. The first-order valence-electron chi connectivity index (χ1n) is 11.5. The first kappa shape index (κ1) is 23.3. The summed E-state index contributed by atoms with van der Waals surface area (Å²) in [4.78, 5) is 20.3. The third-order valence-corrected chi connectivity index (χ3v) is 6.38. The van der Waals surface area contributed by atoms with Crippen LogP contribution < -0.4 is 29.2 Å². The second kappa shape index (κ2) is 9.69. The molecule has 2 heterocycles. The molecule has 9 nitrogen and oxygen atoms in total. The second-order valence-corrected chi connectivity index (χ2v) is 8.34. The maximum absolute atomic E-state index is 13.2. The molecule has 0 spiro atoms. The van der Waals surface area contributed by atoms with Gasteiger partial charge in [0.1, 0.15) is 11.6 Å². The number of hydrogen-bond acceptors (Lipinski definition) is 7. The molecule has 0 atom stereocenters. The van der Waals surface area contributed by atoms with E-state index in [0.29, 0.717) is 40.8 Å². The molecule has 1 aliphatic heterocycles. The van der Waals surface area contributed by atoms with Gasteiger partial charge < -0.3 is 33.7 Å². The van der Waals surface area contributed by atoms with Crippen LogP contribution in [0.25, 0.3) is 11.0 Å². The highest BCUT2D eigenvalue weighted by Crippen LogP contribution is 2.39. The van der Waals surface area contributed by atoms with Gasteiger partial charge in [-0.25, -0.2) is 4.98 Å². The molecule has 5 rings (SSSR count). The fourth-order valence-corrected chi connectivity index (χ4v) is 4.58. The van der Waals surface area contributed by atoms with Crippen molar-refractivity contribution in [2.24, 2.45) is 0 Å². The molecule has 1 amide bonds. The Bertz CT molecular complexity index is 1410. The van der Waals surface area contributed by atoms with E-state index < -0.39 is 0 Å². The van der Waals surface area contributed by atoms with E-state index >= 15 is 0 Å². The number of carbonyl (C=O) groups is 1. The van der Waals surface area contributed by atoms with E-state index in [9.17, 15) is 4.79 Å². The SMILES string of the molecule is COc1ccc(N2CCn3c(nc4ccccc43)C2)cc1NC(=O)c1cc(OC)c(OC)c(OC)c1. The molecule has 1 N–H and O–H groups in total. The van der Waals surface area contributed by atoms with E-state index in [2.05, 4.69) is 20.9 Å². The summed E-state index contributed by atoms with van der Waals surface area (Å²) in [7, 11) is 6.12. The van der Waals surface area contributed by atoms with Crippen molar-refractivity contribution in [1.29, 1.82) is 0 Å². The van der Waals surface area contributed by atoms with Crippen molar-refractivity contribution in [3.8, 4) is 23.0 Å². The number of carbonyl (C=O) groups excluding carboxylic acids is 1. The molecule has 1 aliphatic rings. The molecule has 0 fully saturated rings. The van der Waals surface area contributed by atoms with Crippen molar-refractivity contribution in [2.75, 3.05) is 45.2 Å². The third kappa shape index (κ3) is 4.13. The van der Waals surface area contributed by atoms with Crippen LogP contribution in [-0.4, -0.2) is 50.4 Å². The van der Waals surface area contributed by atoms with Crippen molar-refractivity contribution >= 4 is 28.3 Å². The average Bonchev–Trinajstić information content (AvgIpc) is 3.29. The number of fused-ring (bicyclic) bond motifs is 3. The monoisotopic (exact) mass is 488 g/mol. The number of anilines is 2. The minimum atomic E-state index is -0.329. The quantitative estimate of drug-likeness (QED) is 0.414. The van der Waals surface area contributed by atoms with Crippen LogP contribution in [0.5, 0.6) is 23.0 Å². The summed E-state index contributed by atoms with van der Waals surface area (Å²) in [6.07, 6.45) is 0. The van der Waals surface area contributed by atoms with Crippen LogP contribution in [0.1, 0.15) is 16.2 Å². The Balaban J connectivity index is 1.42. The fraction of sp³-hybridized carbons (Fsp3) is 0.259. The van der Waals surface area contributed by atoms with Crippen LogP contribution in [0.15, 0.2) is 54.6 Å². The van der Waals surface area contributed by atoms with Crippen molar-refractivity contribution in [1.82, 2.24) is 9.55 Å². The number of aromatic nitrogens is 2. The lowest BCUT2D eigenvalue weighted by atomic mass is 10.1. The Kier molecular flexibility index (Phi) is 6.28. The molecular formula is C27H28N4O5. The van der Waals surface area contributed by atoms with Gasteiger partial charge in [0.15, 0.2) is 11.5 Å². The van der Waals surface area contributed by atoms with Crippen LogP contribution in [0.4, 0.5) is 11.4 Å². The summed E-state index contributed by atoms with van der Waals surface area (Å²) in [5.74, 6) is 2.47. The second-order valence-electron chi connectivity index (χ2n) is 8.34. The van der Waals surface area contributed by atoms with Gasteiger partial charge in [0.2, 0.25) is 5.75 Å². The fourth-order valence-electron chi connectivity index (χ4n) is 4.58. The van der Waals surface area contributed by atoms with Crippen LogP contribution in [0, 0.1) is 0 Å². The normalized spacial score (nSPS) is 12.7. The molecule has 0 bridgehead atoms. The predicted octanol–water partition coefficient (Wildman–Crippen LogP) is 4.34. The molecule has 0 saturated carbocycles. The molecule has 1 aromatic heterocycles. The largest absolute Gasteiger partial charge is 0.495 e. The van der Waals surface area contributed by atoms with Gasteiger partial charge in [0.05, 0.1) is 51.7 Å². The van der Waals surface area contributed by atoms with Gasteiger partial charge >= 0.3 is 0 Å². The predicted molar refractivity (Wildman–Crippen MR) is 138 cm³/mol. The van der Waals surface area contributed by atoms with Crippen molar-refractivity contribution in [2.45, 2.75) is 13.1 Å². The number of amides is 1. The van der Waals surface area contributed by atoms with Crippen molar-refractivity contribution < 1.29 is 23.7 Å². The summed E-state index contributed by atoms with van der Waals surface area (Å²) >= 11 is 0. The molecule has 0 radical (unpaired) electrons. The van der Waals surface area contributed by atoms with Crippen molar-refractivity contribution in [3.63, 3.8) is 0 Å². The summed E-state index contributed by atoms with van der Waals surface area (Å²) < 4.78 is 23.9. The Morgan fingerprint density at radius 3 is 2.28 bits per heavy atom. The molecule has 0 saturated heterocycles. The summed E-state index contributed by atoms with van der Waals surface area (Å²) in [5, 5.41) is 2.97. The minimum absolute atomic E-state index is 0.329. The molecule has 36 heavy (non-hydrogen) atoms. The summed E-state index contributed by atoms with van der Waals surface area (Å²) in [6.45, 7) is 2.32. The molecule has 9 heteroatoms. The van der Waals surface area contributed by atoms with Crippen LogP contribution in [0.2, 0.25) is 0 Å². The number of para-hydroxylation sites is 2. The third-order valence-electron chi connectivity index (χ3n) is 6.38. The number of rotatable bonds is 7. The zero-order valence-electron chi connectivity index (χ0n) is 20.7. The Morgan fingerprint density at radius 2 is 1.58 bits per heavy atom.